The normalized spacial score (nSPS) is 10.9. The fourth-order valence-electron chi connectivity index (χ4n) is 1.74. The molecule has 0 bridgehead atoms. The van der Waals surface area contributed by atoms with Crippen molar-refractivity contribution in [2.45, 2.75) is 32.6 Å². The summed E-state index contributed by atoms with van der Waals surface area (Å²) in [5.41, 5.74) is 6.83. The Labute approximate surface area is 117 Å². The van der Waals surface area contributed by atoms with Gasteiger partial charge in [0.15, 0.2) is 0 Å². The third kappa shape index (κ3) is 4.21. The molecule has 0 atom stereocenters. The van der Waals surface area contributed by atoms with Crippen molar-refractivity contribution >= 4 is 16.5 Å². The van der Waals surface area contributed by atoms with Crippen molar-refractivity contribution in [1.82, 2.24) is 10.2 Å². The van der Waals surface area contributed by atoms with E-state index in [4.69, 9.17) is 10.5 Å². The monoisotopic (exact) mass is 277 g/mol. The molecule has 0 radical (unpaired) electrons. The molecule has 1 aromatic heterocycles. The Morgan fingerprint density at radius 1 is 1.32 bits per heavy atom. The van der Waals surface area contributed by atoms with Crippen molar-refractivity contribution in [3.8, 4) is 5.75 Å². The van der Waals surface area contributed by atoms with Gasteiger partial charge in [-0.25, -0.2) is 0 Å². The molecule has 2 rings (SSSR count). The predicted molar refractivity (Wildman–Crippen MR) is 78.7 cm³/mol. The van der Waals surface area contributed by atoms with Gasteiger partial charge < -0.3 is 10.5 Å². The van der Waals surface area contributed by atoms with Gasteiger partial charge in [0, 0.05) is 6.42 Å². The number of rotatable bonds is 6. The van der Waals surface area contributed by atoms with Crippen LogP contribution in [-0.2, 0) is 6.42 Å². The topological polar surface area (TPSA) is 61.0 Å². The molecule has 2 aromatic rings. The van der Waals surface area contributed by atoms with Gasteiger partial charge in [0.25, 0.3) is 0 Å². The zero-order chi connectivity index (χ0) is 13.7. The fourth-order valence-corrected chi connectivity index (χ4v) is 2.40. The Morgan fingerprint density at radius 3 is 2.84 bits per heavy atom. The summed E-state index contributed by atoms with van der Waals surface area (Å²) >= 11 is 1.44. The molecule has 0 aliphatic rings. The van der Waals surface area contributed by atoms with Crippen molar-refractivity contribution in [3.05, 3.63) is 34.8 Å². The minimum absolute atomic E-state index is 0.521. The molecule has 2 N–H and O–H groups in total. The Kier molecular flexibility index (Phi) is 4.74. The standard InChI is InChI=1S/C14H19N3OS/c1-10(2)11-5-3-6-12(9-11)18-8-4-7-13-16-17-14(15)19-13/h3,5-6,9-10H,4,7-8H2,1-2H3,(H2,15,17). The Bertz CT molecular complexity index is 525. The first-order valence-corrected chi connectivity index (χ1v) is 7.27. The summed E-state index contributed by atoms with van der Waals surface area (Å²) in [4.78, 5) is 0. The molecule has 1 aromatic carbocycles. The quantitative estimate of drug-likeness (QED) is 0.823. The molecule has 0 fully saturated rings. The maximum absolute atomic E-state index is 5.75. The summed E-state index contributed by atoms with van der Waals surface area (Å²) in [5, 5.41) is 9.27. The zero-order valence-corrected chi connectivity index (χ0v) is 12.1. The number of hydrogen-bond acceptors (Lipinski definition) is 5. The number of benzene rings is 1. The van der Waals surface area contributed by atoms with E-state index in [1.807, 2.05) is 12.1 Å². The van der Waals surface area contributed by atoms with Gasteiger partial charge >= 0.3 is 0 Å². The molecule has 0 saturated carbocycles. The zero-order valence-electron chi connectivity index (χ0n) is 11.3. The number of ether oxygens (including phenoxy) is 1. The van der Waals surface area contributed by atoms with E-state index >= 15 is 0 Å². The number of aryl methyl sites for hydroxylation is 1. The van der Waals surface area contributed by atoms with Crippen LogP contribution in [0, 0.1) is 0 Å². The molecule has 19 heavy (non-hydrogen) atoms. The van der Waals surface area contributed by atoms with Gasteiger partial charge in [0.1, 0.15) is 10.8 Å². The maximum Gasteiger partial charge on any atom is 0.203 e. The molecule has 0 saturated heterocycles. The van der Waals surface area contributed by atoms with Crippen molar-refractivity contribution in [2.75, 3.05) is 12.3 Å². The molecule has 1 heterocycles. The van der Waals surface area contributed by atoms with Gasteiger partial charge in [-0.2, -0.15) is 0 Å². The minimum atomic E-state index is 0.521. The van der Waals surface area contributed by atoms with E-state index in [1.165, 1.54) is 16.9 Å². The summed E-state index contributed by atoms with van der Waals surface area (Å²) in [6.07, 6.45) is 1.78. The van der Waals surface area contributed by atoms with Crippen LogP contribution in [0.25, 0.3) is 0 Å². The first-order chi connectivity index (χ1) is 9.15. The van der Waals surface area contributed by atoms with Crippen LogP contribution in [0.2, 0.25) is 0 Å². The Balaban J connectivity index is 1.78. The molecule has 4 nitrogen and oxygen atoms in total. The molecule has 0 amide bonds. The summed E-state index contributed by atoms with van der Waals surface area (Å²) in [7, 11) is 0. The predicted octanol–water partition coefficient (Wildman–Crippen LogP) is 3.26. The van der Waals surface area contributed by atoms with Gasteiger partial charge in [-0.05, 0) is 30.0 Å². The minimum Gasteiger partial charge on any atom is -0.494 e. The van der Waals surface area contributed by atoms with Gasteiger partial charge in [-0.1, -0.05) is 37.3 Å². The van der Waals surface area contributed by atoms with Crippen LogP contribution >= 0.6 is 11.3 Å². The molecular formula is C14H19N3OS. The number of anilines is 1. The van der Waals surface area contributed by atoms with Crippen LogP contribution in [0.15, 0.2) is 24.3 Å². The highest BCUT2D eigenvalue weighted by atomic mass is 32.1. The van der Waals surface area contributed by atoms with E-state index in [0.717, 1.165) is 23.6 Å². The lowest BCUT2D eigenvalue weighted by Crippen LogP contribution is -2.00. The summed E-state index contributed by atoms with van der Waals surface area (Å²) in [6, 6.07) is 8.26. The van der Waals surface area contributed by atoms with Crippen molar-refractivity contribution < 1.29 is 4.74 Å². The van der Waals surface area contributed by atoms with Crippen molar-refractivity contribution in [3.63, 3.8) is 0 Å². The Morgan fingerprint density at radius 2 is 2.16 bits per heavy atom. The van der Waals surface area contributed by atoms with Gasteiger partial charge in [0.2, 0.25) is 5.13 Å². The molecule has 0 aliphatic heterocycles. The van der Waals surface area contributed by atoms with Gasteiger partial charge in [0.05, 0.1) is 6.61 Å². The van der Waals surface area contributed by atoms with Crippen molar-refractivity contribution in [2.24, 2.45) is 0 Å². The van der Waals surface area contributed by atoms with Gasteiger partial charge in [-0.15, -0.1) is 10.2 Å². The maximum atomic E-state index is 5.75. The van der Waals surface area contributed by atoms with E-state index in [1.54, 1.807) is 0 Å². The van der Waals surface area contributed by atoms with Crippen LogP contribution < -0.4 is 10.5 Å². The van der Waals surface area contributed by atoms with Crippen LogP contribution in [0.3, 0.4) is 0 Å². The smallest absolute Gasteiger partial charge is 0.203 e. The third-order valence-corrected chi connectivity index (χ3v) is 3.62. The summed E-state index contributed by atoms with van der Waals surface area (Å²) in [6.45, 7) is 5.04. The first-order valence-electron chi connectivity index (χ1n) is 6.46. The average Bonchev–Trinajstić information content (AvgIpc) is 2.81. The molecule has 0 spiro atoms. The SMILES string of the molecule is CC(C)c1cccc(OCCCc2nnc(N)s2)c1. The third-order valence-electron chi connectivity index (χ3n) is 2.81. The lowest BCUT2D eigenvalue weighted by molar-refractivity contribution is 0.310. The van der Waals surface area contributed by atoms with E-state index in [9.17, 15) is 0 Å². The van der Waals surface area contributed by atoms with Crippen LogP contribution in [0.4, 0.5) is 5.13 Å². The highest BCUT2D eigenvalue weighted by molar-refractivity contribution is 7.15. The average molecular weight is 277 g/mol. The lowest BCUT2D eigenvalue weighted by Gasteiger charge is -2.09. The van der Waals surface area contributed by atoms with E-state index in [2.05, 4.69) is 36.2 Å². The molecule has 0 aliphatic carbocycles. The van der Waals surface area contributed by atoms with E-state index in [-0.39, 0.29) is 0 Å². The second-order valence-electron chi connectivity index (χ2n) is 4.71. The second kappa shape index (κ2) is 6.52. The van der Waals surface area contributed by atoms with Crippen LogP contribution in [0.5, 0.6) is 5.75 Å². The number of nitrogens with zero attached hydrogens (tertiary/aromatic N) is 2. The van der Waals surface area contributed by atoms with Gasteiger partial charge in [-0.3, -0.25) is 0 Å². The molecular weight excluding hydrogens is 258 g/mol. The summed E-state index contributed by atoms with van der Waals surface area (Å²) < 4.78 is 5.75. The van der Waals surface area contributed by atoms with E-state index in [0.29, 0.717) is 17.7 Å². The van der Waals surface area contributed by atoms with E-state index < -0.39 is 0 Å². The number of aromatic nitrogens is 2. The number of nitrogens with two attached hydrogens (primary N) is 1. The highest BCUT2D eigenvalue weighted by Gasteiger charge is 2.03. The lowest BCUT2D eigenvalue weighted by atomic mass is 10.0. The molecule has 5 heteroatoms. The van der Waals surface area contributed by atoms with Crippen molar-refractivity contribution in [1.29, 1.82) is 0 Å². The second-order valence-corrected chi connectivity index (χ2v) is 5.81. The molecule has 102 valence electrons. The largest absolute Gasteiger partial charge is 0.494 e. The highest BCUT2D eigenvalue weighted by Crippen LogP contribution is 2.20. The Hall–Kier alpha value is -1.62. The number of hydrogen-bond donors (Lipinski definition) is 1. The fraction of sp³-hybridized carbons (Fsp3) is 0.429. The summed E-state index contributed by atoms with van der Waals surface area (Å²) in [5.74, 6) is 1.45. The van der Waals surface area contributed by atoms with Crippen LogP contribution in [0.1, 0.15) is 36.8 Å². The van der Waals surface area contributed by atoms with Crippen LogP contribution in [-0.4, -0.2) is 16.8 Å². The number of nitrogen functional groups attached to an aromatic ring is 1. The first kappa shape index (κ1) is 13.8. The molecule has 0 unspecified atom stereocenters.